The molecule has 0 atom stereocenters. The van der Waals surface area contributed by atoms with Gasteiger partial charge in [-0.2, -0.15) is 0 Å². The summed E-state index contributed by atoms with van der Waals surface area (Å²) in [6.45, 7) is 5.24. The Morgan fingerprint density at radius 2 is 1.50 bits per heavy atom. The van der Waals surface area contributed by atoms with E-state index in [2.05, 4.69) is 38.1 Å². The van der Waals surface area contributed by atoms with Crippen molar-refractivity contribution < 1.29 is 14.4 Å². The Hall–Kier alpha value is -2.95. The molecule has 1 heterocycles. The van der Waals surface area contributed by atoms with E-state index in [-0.39, 0.29) is 24.3 Å². The Balaban J connectivity index is 1.44. The SMILES string of the molecule is CC(C)c1ccc(CN(C(=O)c2ccc(CN3C(=O)CCC3=O)cc2)C2CC2)cc1. The number of carbonyl (C=O) groups is 3. The summed E-state index contributed by atoms with van der Waals surface area (Å²) in [5.74, 6) is 0.280. The smallest absolute Gasteiger partial charge is 0.254 e. The van der Waals surface area contributed by atoms with Crippen LogP contribution in [0.2, 0.25) is 0 Å². The highest BCUT2D eigenvalue weighted by Gasteiger charge is 2.33. The summed E-state index contributed by atoms with van der Waals surface area (Å²) in [5, 5.41) is 0. The lowest BCUT2D eigenvalue weighted by Crippen LogP contribution is -2.32. The Morgan fingerprint density at radius 1 is 0.933 bits per heavy atom. The second kappa shape index (κ2) is 8.42. The summed E-state index contributed by atoms with van der Waals surface area (Å²) in [4.78, 5) is 40.1. The number of benzene rings is 2. The molecule has 2 fully saturated rings. The molecule has 30 heavy (non-hydrogen) atoms. The normalized spacial score (nSPS) is 16.4. The van der Waals surface area contributed by atoms with Crippen molar-refractivity contribution in [2.24, 2.45) is 0 Å². The summed E-state index contributed by atoms with van der Waals surface area (Å²) in [5.41, 5.74) is 3.94. The van der Waals surface area contributed by atoms with Gasteiger partial charge in [0.1, 0.15) is 0 Å². The highest BCUT2D eigenvalue weighted by Crippen LogP contribution is 2.30. The van der Waals surface area contributed by atoms with Gasteiger partial charge in [-0.25, -0.2) is 0 Å². The van der Waals surface area contributed by atoms with Gasteiger partial charge in [0.15, 0.2) is 0 Å². The van der Waals surface area contributed by atoms with Crippen molar-refractivity contribution in [3.8, 4) is 0 Å². The lowest BCUT2D eigenvalue weighted by atomic mass is 10.0. The first-order valence-electron chi connectivity index (χ1n) is 10.7. The van der Waals surface area contributed by atoms with Crippen LogP contribution in [0.1, 0.15) is 72.5 Å². The van der Waals surface area contributed by atoms with Gasteiger partial charge in [-0.1, -0.05) is 50.2 Å². The molecule has 0 N–H and O–H groups in total. The van der Waals surface area contributed by atoms with Crippen molar-refractivity contribution in [3.05, 3.63) is 70.8 Å². The molecule has 1 saturated carbocycles. The van der Waals surface area contributed by atoms with Crippen LogP contribution >= 0.6 is 0 Å². The molecule has 156 valence electrons. The van der Waals surface area contributed by atoms with Crippen LogP contribution in [0.4, 0.5) is 0 Å². The Labute approximate surface area is 177 Å². The predicted molar refractivity (Wildman–Crippen MR) is 115 cm³/mol. The molecule has 0 aromatic heterocycles. The van der Waals surface area contributed by atoms with Crippen LogP contribution in [0.25, 0.3) is 0 Å². The van der Waals surface area contributed by atoms with E-state index in [1.54, 1.807) is 12.1 Å². The topological polar surface area (TPSA) is 57.7 Å². The first-order valence-corrected chi connectivity index (χ1v) is 10.7. The number of amides is 3. The number of likely N-dealkylation sites (tertiary alicyclic amines) is 1. The minimum atomic E-state index is -0.122. The molecule has 2 aromatic rings. The third kappa shape index (κ3) is 4.45. The first-order chi connectivity index (χ1) is 14.4. The number of hydrogen-bond acceptors (Lipinski definition) is 3. The molecule has 5 nitrogen and oxygen atoms in total. The standard InChI is InChI=1S/C25H28N2O3/c1-17(2)20-7-3-18(4-8-20)15-26(22-11-12-22)25(30)21-9-5-19(6-10-21)16-27-23(28)13-14-24(27)29/h3-10,17,22H,11-16H2,1-2H3. The highest BCUT2D eigenvalue weighted by molar-refractivity contribution is 6.01. The molecule has 0 bridgehead atoms. The van der Waals surface area contributed by atoms with Crippen LogP contribution < -0.4 is 0 Å². The van der Waals surface area contributed by atoms with Crippen molar-refractivity contribution in [2.45, 2.75) is 64.6 Å². The Kier molecular flexibility index (Phi) is 5.71. The van der Waals surface area contributed by atoms with Gasteiger partial charge in [-0.15, -0.1) is 0 Å². The third-order valence-corrected chi connectivity index (χ3v) is 5.94. The van der Waals surface area contributed by atoms with Gasteiger partial charge in [0.25, 0.3) is 5.91 Å². The van der Waals surface area contributed by atoms with Gasteiger partial charge in [0, 0.05) is 31.0 Å². The van der Waals surface area contributed by atoms with E-state index in [9.17, 15) is 14.4 Å². The van der Waals surface area contributed by atoms with E-state index >= 15 is 0 Å². The summed E-state index contributed by atoms with van der Waals surface area (Å²) in [7, 11) is 0. The molecular weight excluding hydrogens is 376 g/mol. The summed E-state index contributed by atoms with van der Waals surface area (Å²) in [6, 6.07) is 16.1. The molecule has 0 spiro atoms. The van der Waals surface area contributed by atoms with Crippen LogP contribution in [0.5, 0.6) is 0 Å². The highest BCUT2D eigenvalue weighted by atomic mass is 16.2. The minimum Gasteiger partial charge on any atom is -0.331 e. The van der Waals surface area contributed by atoms with Gasteiger partial charge < -0.3 is 4.90 Å². The summed E-state index contributed by atoms with van der Waals surface area (Å²) < 4.78 is 0. The Bertz CT molecular complexity index is 927. The van der Waals surface area contributed by atoms with Gasteiger partial charge in [-0.05, 0) is 47.6 Å². The summed E-state index contributed by atoms with van der Waals surface area (Å²) in [6.07, 6.45) is 2.69. The van der Waals surface area contributed by atoms with Crippen LogP contribution in [-0.4, -0.2) is 33.6 Å². The van der Waals surface area contributed by atoms with Gasteiger partial charge >= 0.3 is 0 Å². The van der Waals surface area contributed by atoms with Crippen molar-refractivity contribution in [1.29, 1.82) is 0 Å². The molecular formula is C25H28N2O3. The van der Waals surface area contributed by atoms with Crippen molar-refractivity contribution in [1.82, 2.24) is 9.80 Å². The molecule has 2 aliphatic rings. The van der Waals surface area contributed by atoms with Crippen LogP contribution in [0, 0.1) is 0 Å². The van der Waals surface area contributed by atoms with E-state index in [0.29, 0.717) is 36.9 Å². The predicted octanol–water partition coefficient (Wildman–Crippen LogP) is 4.26. The second-order valence-electron chi connectivity index (χ2n) is 8.63. The fourth-order valence-electron chi connectivity index (χ4n) is 3.86. The number of hydrogen-bond donors (Lipinski definition) is 0. The lowest BCUT2D eigenvalue weighted by molar-refractivity contribution is -0.139. The molecule has 1 aliphatic carbocycles. The zero-order valence-electron chi connectivity index (χ0n) is 17.6. The van der Waals surface area contributed by atoms with E-state index < -0.39 is 0 Å². The van der Waals surface area contributed by atoms with Crippen molar-refractivity contribution >= 4 is 17.7 Å². The lowest BCUT2D eigenvalue weighted by Gasteiger charge is -2.23. The van der Waals surface area contributed by atoms with E-state index in [4.69, 9.17) is 0 Å². The minimum absolute atomic E-state index is 0.0327. The number of imide groups is 1. The molecule has 1 saturated heterocycles. The second-order valence-corrected chi connectivity index (χ2v) is 8.63. The molecule has 1 aliphatic heterocycles. The monoisotopic (exact) mass is 404 g/mol. The first kappa shape index (κ1) is 20.3. The largest absolute Gasteiger partial charge is 0.331 e. The third-order valence-electron chi connectivity index (χ3n) is 5.94. The fraction of sp³-hybridized carbons (Fsp3) is 0.400. The maximum atomic E-state index is 13.2. The van der Waals surface area contributed by atoms with E-state index in [0.717, 1.165) is 24.0 Å². The quantitative estimate of drug-likeness (QED) is 0.648. The van der Waals surface area contributed by atoms with Crippen molar-refractivity contribution in [3.63, 3.8) is 0 Å². The van der Waals surface area contributed by atoms with Gasteiger partial charge in [0.05, 0.1) is 6.54 Å². The average Bonchev–Trinajstić information content (AvgIpc) is 3.54. The molecule has 2 aromatic carbocycles. The number of nitrogens with zero attached hydrogens (tertiary/aromatic N) is 2. The van der Waals surface area contributed by atoms with Crippen molar-refractivity contribution in [2.75, 3.05) is 0 Å². The van der Waals surface area contributed by atoms with Gasteiger partial charge in [-0.3, -0.25) is 19.3 Å². The average molecular weight is 405 g/mol. The van der Waals surface area contributed by atoms with Gasteiger partial charge in [0.2, 0.25) is 11.8 Å². The molecule has 0 unspecified atom stereocenters. The van der Waals surface area contributed by atoms with Crippen LogP contribution in [0.15, 0.2) is 48.5 Å². The maximum Gasteiger partial charge on any atom is 0.254 e. The zero-order chi connectivity index (χ0) is 21.3. The fourth-order valence-corrected chi connectivity index (χ4v) is 3.86. The molecule has 4 rings (SSSR count). The maximum absolute atomic E-state index is 13.2. The number of rotatable bonds is 7. The molecule has 3 amide bonds. The number of carbonyl (C=O) groups excluding carboxylic acids is 3. The van der Waals surface area contributed by atoms with E-state index in [1.165, 1.54) is 10.5 Å². The van der Waals surface area contributed by atoms with E-state index in [1.807, 2.05) is 17.0 Å². The van der Waals surface area contributed by atoms with Crippen LogP contribution in [-0.2, 0) is 22.7 Å². The Morgan fingerprint density at radius 3 is 2.03 bits per heavy atom. The summed E-state index contributed by atoms with van der Waals surface area (Å²) >= 11 is 0. The molecule has 0 radical (unpaired) electrons. The van der Waals surface area contributed by atoms with Crippen LogP contribution in [0.3, 0.4) is 0 Å². The molecule has 5 heteroatoms. The zero-order valence-corrected chi connectivity index (χ0v) is 17.6.